The largest absolute Gasteiger partial charge is 0.492 e. The fourth-order valence-corrected chi connectivity index (χ4v) is 4.54. The predicted molar refractivity (Wildman–Crippen MR) is 84.1 cm³/mol. The molecular formula is C15H25BCl2O2. The van der Waals surface area contributed by atoms with E-state index in [-0.39, 0.29) is 12.2 Å². The normalized spacial score (nSPS) is 34.0. The Hall–Kier alpha value is 0.565. The van der Waals surface area contributed by atoms with Crippen LogP contribution >= 0.6 is 23.2 Å². The minimum absolute atomic E-state index is 0.225. The van der Waals surface area contributed by atoms with E-state index >= 15 is 0 Å². The number of rotatable bonds is 3. The summed E-state index contributed by atoms with van der Waals surface area (Å²) < 4.78 is 11.7. The summed E-state index contributed by atoms with van der Waals surface area (Å²) in [5, 5.41) is 0. The van der Waals surface area contributed by atoms with Crippen LogP contribution in [0.25, 0.3) is 0 Å². The standard InChI is InChI=1S/C15H25BCl2O2/c17-15(18)16-19-13(11-7-3-1-4-8-11)14(20-16)12-9-5-2-6-10-12/h11-15H,1-10H2/t13-,14-/m1/s1. The van der Waals surface area contributed by atoms with E-state index in [0.29, 0.717) is 11.8 Å². The first kappa shape index (κ1) is 15.5. The van der Waals surface area contributed by atoms with Crippen molar-refractivity contribution in [1.82, 2.24) is 0 Å². The maximum atomic E-state index is 6.14. The lowest BCUT2D eigenvalue weighted by Gasteiger charge is -2.35. The summed E-state index contributed by atoms with van der Waals surface area (Å²) in [4.78, 5) is 0. The van der Waals surface area contributed by atoms with E-state index in [1.54, 1.807) is 0 Å². The van der Waals surface area contributed by atoms with Gasteiger partial charge in [0.2, 0.25) is 0 Å². The Morgan fingerprint density at radius 1 is 0.700 bits per heavy atom. The second-order valence-corrected chi connectivity index (χ2v) is 7.86. The second-order valence-electron chi connectivity index (χ2n) is 6.70. The summed E-state index contributed by atoms with van der Waals surface area (Å²) in [5.41, 5.74) is 0. The zero-order valence-electron chi connectivity index (χ0n) is 12.1. The van der Waals surface area contributed by atoms with E-state index in [4.69, 9.17) is 32.5 Å². The van der Waals surface area contributed by atoms with Crippen molar-refractivity contribution >= 4 is 30.3 Å². The zero-order chi connectivity index (χ0) is 13.9. The maximum absolute atomic E-state index is 6.14. The van der Waals surface area contributed by atoms with Gasteiger partial charge in [-0.15, -0.1) is 23.2 Å². The van der Waals surface area contributed by atoms with Crippen LogP contribution < -0.4 is 0 Å². The average Bonchev–Trinajstić information content (AvgIpc) is 2.94. The summed E-state index contributed by atoms with van der Waals surface area (Å²) in [6, 6.07) is 0. The molecule has 114 valence electrons. The third-order valence-corrected chi connectivity index (χ3v) is 5.75. The zero-order valence-corrected chi connectivity index (χ0v) is 13.6. The quantitative estimate of drug-likeness (QED) is 0.551. The molecule has 0 N–H and O–H groups in total. The van der Waals surface area contributed by atoms with Crippen LogP contribution in [0.15, 0.2) is 0 Å². The highest BCUT2D eigenvalue weighted by molar-refractivity contribution is 6.73. The molecule has 0 amide bonds. The lowest BCUT2D eigenvalue weighted by Crippen LogP contribution is -2.38. The van der Waals surface area contributed by atoms with Gasteiger partial charge in [0, 0.05) is 0 Å². The van der Waals surface area contributed by atoms with E-state index in [0.717, 1.165) is 0 Å². The number of halogens is 2. The molecule has 2 atom stereocenters. The number of alkyl halides is 2. The minimum Gasteiger partial charge on any atom is -0.404 e. The fourth-order valence-electron chi connectivity index (χ4n) is 4.30. The van der Waals surface area contributed by atoms with Gasteiger partial charge in [-0.05, 0) is 37.5 Å². The van der Waals surface area contributed by atoms with Crippen molar-refractivity contribution in [3.8, 4) is 0 Å². The smallest absolute Gasteiger partial charge is 0.404 e. The van der Waals surface area contributed by atoms with Crippen LogP contribution in [-0.2, 0) is 9.31 Å². The Bertz CT molecular complexity index is 278. The van der Waals surface area contributed by atoms with Crippen LogP contribution in [0, 0.1) is 11.8 Å². The highest BCUT2D eigenvalue weighted by Crippen LogP contribution is 2.41. The van der Waals surface area contributed by atoms with Crippen LogP contribution in [0.3, 0.4) is 0 Å². The van der Waals surface area contributed by atoms with Gasteiger partial charge in [-0.2, -0.15) is 0 Å². The summed E-state index contributed by atoms with van der Waals surface area (Å²) in [5.74, 6) is 1.29. The molecule has 0 aromatic rings. The molecule has 3 rings (SSSR count). The van der Waals surface area contributed by atoms with Crippen molar-refractivity contribution in [3.05, 3.63) is 0 Å². The summed E-state index contributed by atoms with van der Waals surface area (Å²) in [6.07, 6.45) is 13.6. The van der Waals surface area contributed by atoms with Crippen molar-refractivity contribution in [2.75, 3.05) is 0 Å². The summed E-state index contributed by atoms with van der Waals surface area (Å²) in [7, 11) is -0.419. The molecular weight excluding hydrogens is 294 g/mol. The first-order valence-corrected chi connectivity index (χ1v) is 9.22. The molecule has 20 heavy (non-hydrogen) atoms. The first-order valence-electron chi connectivity index (χ1n) is 8.35. The molecule has 1 aliphatic heterocycles. The Balaban J connectivity index is 1.69. The molecule has 2 nitrogen and oxygen atoms in total. The Morgan fingerprint density at radius 3 is 1.45 bits per heavy atom. The Morgan fingerprint density at radius 2 is 1.10 bits per heavy atom. The first-order chi connectivity index (χ1) is 9.75. The molecule has 0 bridgehead atoms. The molecule has 5 heteroatoms. The van der Waals surface area contributed by atoms with Crippen molar-refractivity contribution < 1.29 is 9.31 Å². The van der Waals surface area contributed by atoms with Gasteiger partial charge in [0.25, 0.3) is 0 Å². The lowest BCUT2D eigenvalue weighted by atomic mass is 9.77. The fraction of sp³-hybridized carbons (Fsp3) is 1.00. The predicted octanol–water partition coefficient (Wildman–Crippen LogP) is 4.76. The van der Waals surface area contributed by atoms with Crippen LogP contribution in [0.4, 0.5) is 0 Å². The average molecular weight is 319 g/mol. The van der Waals surface area contributed by atoms with Crippen molar-refractivity contribution in [2.45, 2.75) is 81.2 Å². The molecule has 0 unspecified atom stereocenters. The van der Waals surface area contributed by atoms with Gasteiger partial charge >= 0.3 is 7.12 Å². The van der Waals surface area contributed by atoms with Gasteiger partial charge in [0.15, 0.2) is 0 Å². The van der Waals surface area contributed by atoms with Gasteiger partial charge in [-0.1, -0.05) is 38.5 Å². The molecule has 1 heterocycles. The third kappa shape index (κ3) is 3.48. The minimum atomic E-state index is -0.574. The van der Waals surface area contributed by atoms with Crippen LogP contribution in [0.1, 0.15) is 64.2 Å². The lowest BCUT2D eigenvalue weighted by molar-refractivity contribution is 0.0324. The molecule has 1 saturated heterocycles. The van der Waals surface area contributed by atoms with Crippen LogP contribution in [0.5, 0.6) is 0 Å². The molecule has 0 radical (unpaired) electrons. The van der Waals surface area contributed by atoms with Gasteiger partial charge in [0.05, 0.1) is 12.2 Å². The van der Waals surface area contributed by atoms with E-state index in [2.05, 4.69) is 0 Å². The SMILES string of the molecule is ClC(Cl)B1O[C@H](C2CCCCC2)[C@@H](C2CCCCC2)O1. The third-order valence-electron chi connectivity index (χ3n) is 5.34. The number of hydrogen-bond donors (Lipinski definition) is 0. The molecule has 0 aromatic carbocycles. The highest BCUT2D eigenvalue weighted by atomic mass is 35.5. The van der Waals surface area contributed by atoms with Gasteiger partial charge in [0.1, 0.15) is 4.74 Å². The molecule has 0 aromatic heterocycles. The molecule has 0 spiro atoms. The van der Waals surface area contributed by atoms with Crippen LogP contribution in [0.2, 0.25) is 0 Å². The molecule has 2 aliphatic carbocycles. The molecule has 3 aliphatic rings. The Kier molecular flexibility index (Phi) is 5.58. The van der Waals surface area contributed by atoms with Gasteiger partial charge < -0.3 is 9.31 Å². The highest BCUT2D eigenvalue weighted by Gasteiger charge is 2.49. The van der Waals surface area contributed by atoms with Crippen LogP contribution in [-0.4, -0.2) is 24.1 Å². The van der Waals surface area contributed by atoms with Crippen molar-refractivity contribution in [2.24, 2.45) is 11.8 Å². The van der Waals surface area contributed by atoms with Crippen molar-refractivity contribution in [1.29, 1.82) is 0 Å². The summed E-state index contributed by atoms with van der Waals surface area (Å²) >= 11 is 12.0. The second kappa shape index (κ2) is 7.22. The van der Waals surface area contributed by atoms with E-state index in [1.165, 1.54) is 64.2 Å². The summed E-state index contributed by atoms with van der Waals surface area (Å²) in [6.45, 7) is 0. The Labute approximate surface area is 133 Å². The topological polar surface area (TPSA) is 18.5 Å². The number of hydrogen-bond acceptors (Lipinski definition) is 2. The molecule has 2 saturated carbocycles. The molecule has 3 fully saturated rings. The van der Waals surface area contributed by atoms with Gasteiger partial charge in [-0.3, -0.25) is 0 Å². The maximum Gasteiger partial charge on any atom is 0.492 e. The monoisotopic (exact) mass is 318 g/mol. The van der Waals surface area contributed by atoms with E-state index in [1.807, 2.05) is 0 Å². The van der Waals surface area contributed by atoms with E-state index < -0.39 is 11.9 Å². The van der Waals surface area contributed by atoms with Gasteiger partial charge in [-0.25, -0.2) is 0 Å². The van der Waals surface area contributed by atoms with Crippen molar-refractivity contribution in [3.63, 3.8) is 0 Å². The van der Waals surface area contributed by atoms with E-state index in [9.17, 15) is 0 Å².